The minimum absolute atomic E-state index is 0.611. The van der Waals surface area contributed by atoms with Crippen molar-refractivity contribution in [2.24, 2.45) is 17.3 Å². The number of carboxylic acids is 1. The molecule has 7 heteroatoms. The number of aliphatic carboxylic acids is 1. The highest BCUT2D eigenvalue weighted by atomic mass is 16.4. The van der Waals surface area contributed by atoms with E-state index in [9.17, 15) is 9.59 Å². The van der Waals surface area contributed by atoms with Crippen LogP contribution in [0.15, 0.2) is 11.4 Å². The predicted octanol–water partition coefficient (Wildman–Crippen LogP) is -2.81. The summed E-state index contributed by atoms with van der Waals surface area (Å²) in [6.45, 7) is 0. The van der Waals surface area contributed by atoms with Crippen molar-refractivity contribution in [3.63, 3.8) is 0 Å². The number of amides is 1. The molecule has 0 rings (SSSR count). The Labute approximate surface area is 61.8 Å². The molecule has 0 fully saturated rings. The number of nitrogens with one attached hydrogen (secondary N) is 1. The molecule has 0 bridgehead atoms. The molecule has 0 spiro atoms. The number of hydrogen-bond donors (Lipinski definition) is 5. The van der Waals surface area contributed by atoms with Gasteiger partial charge in [0, 0.05) is 0 Å². The SMILES string of the molecule is NN/C(C(=O)O)=C(\N)C(N)=O. The zero-order valence-electron chi connectivity index (χ0n) is 5.50. The number of rotatable bonds is 3. The summed E-state index contributed by atoms with van der Waals surface area (Å²) in [5, 5.41) is 8.30. The number of carbonyl (C=O) groups is 2. The average molecular weight is 160 g/mol. The van der Waals surface area contributed by atoms with Gasteiger partial charge in [0.2, 0.25) is 0 Å². The number of hydrogen-bond acceptors (Lipinski definition) is 5. The fraction of sp³-hybridized carbons (Fsp3) is 0. The van der Waals surface area contributed by atoms with Gasteiger partial charge in [0.25, 0.3) is 5.91 Å². The first-order valence-electron chi connectivity index (χ1n) is 2.50. The Bertz CT molecular complexity index is 221. The van der Waals surface area contributed by atoms with Gasteiger partial charge in [-0.05, 0) is 0 Å². The molecule has 0 radical (unpaired) electrons. The number of carbonyl (C=O) groups excluding carboxylic acids is 1. The molecule has 11 heavy (non-hydrogen) atoms. The normalized spacial score (nSPS) is 11.7. The largest absolute Gasteiger partial charge is 0.476 e. The number of carboxylic acid groups (broad SMARTS) is 1. The van der Waals surface area contributed by atoms with Crippen molar-refractivity contribution in [2.75, 3.05) is 0 Å². The number of hydrazine groups is 1. The second kappa shape index (κ2) is 3.42. The van der Waals surface area contributed by atoms with Gasteiger partial charge >= 0.3 is 5.97 Å². The molecular formula is C4H8N4O3. The fourth-order valence-electron chi connectivity index (χ4n) is 0.378. The molecule has 8 N–H and O–H groups in total. The molecule has 0 saturated heterocycles. The molecule has 7 nitrogen and oxygen atoms in total. The van der Waals surface area contributed by atoms with Gasteiger partial charge in [-0.15, -0.1) is 0 Å². The molecule has 0 atom stereocenters. The van der Waals surface area contributed by atoms with Crippen molar-refractivity contribution >= 4 is 11.9 Å². The second-order valence-electron chi connectivity index (χ2n) is 1.60. The van der Waals surface area contributed by atoms with Crippen LogP contribution < -0.4 is 22.7 Å². The van der Waals surface area contributed by atoms with Crippen LogP contribution in [-0.4, -0.2) is 17.0 Å². The summed E-state index contributed by atoms with van der Waals surface area (Å²) < 4.78 is 0. The lowest BCUT2D eigenvalue weighted by Crippen LogP contribution is -2.34. The van der Waals surface area contributed by atoms with Gasteiger partial charge in [-0.25, -0.2) is 4.79 Å². The summed E-state index contributed by atoms with van der Waals surface area (Å²) in [5.41, 5.74) is 10.1. The van der Waals surface area contributed by atoms with Crippen LogP contribution in [-0.2, 0) is 9.59 Å². The van der Waals surface area contributed by atoms with Crippen molar-refractivity contribution in [3.05, 3.63) is 11.4 Å². The highest BCUT2D eigenvalue weighted by Gasteiger charge is 2.13. The number of nitrogens with two attached hydrogens (primary N) is 3. The van der Waals surface area contributed by atoms with Crippen LogP contribution in [0.2, 0.25) is 0 Å². The van der Waals surface area contributed by atoms with Gasteiger partial charge in [-0.1, -0.05) is 0 Å². The van der Waals surface area contributed by atoms with E-state index in [-0.39, 0.29) is 0 Å². The molecule has 0 heterocycles. The highest BCUT2D eigenvalue weighted by Crippen LogP contribution is 1.91. The molecule has 0 saturated carbocycles. The van der Waals surface area contributed by atoms with Crippen molar-refractivity contribution in [1.82, 2.24) is 5.43 Å². The van der Waals surface area contributed by atoms with Gasteiger partial charge in [0.15, 0.2) is 5.70 Å². The van der Waals surface area contributed by atoms with E-state index in [1.807, 2.05) is 0 Å². The van der Waals surface area contributed by atoms with Gasteiger partial charge in [0.05, 0.1) is 0 Å². The van der Waals surface area contributed by atoms with E-state index in [1.165, 1.54) is 0 Å². The lowest BCUT2D eigenvalue weighted by Gasteiger charge is -2.02. The van der Waals surface area contributed by atoms with Gasteiger partial charge in [0.1, 0.15) is 5.70 Å². The van der Waals surface area contributed by atoms with Crippen molar-refractivity contribution in [1.29, 1.82) is 0 Å². The van der Waals surface area contributed by atoms with Crippen LogP contribution in [0, 0.1) is 0 Å². The summed E-state index contributed by atoms with van der Waals surface area (Å²) in [6.07, 6.45) is 0. The third-order valence-electron chi connectivity index (χ3n) is 0.893. The topological polar surface area (TPSA) is 144 Å². The maximum atomic E-state index is 10.3. The van der Waals surface area contributed by atoms with E-state index in [2.05, 4.69) is 5.73 Å². The number of primary amides is 1. The summed E-state index contributed by atoms with van der Waals surface area (Å²) in [7, 11) is 0. The standard InChI is InChI=1S/C4H8N4O3/c5-1(3(6)9)2(8-7)4(10)11/h8H,5,7H2,(H2,6,9)(H,10,11)/b2-1-. The van der Waals surface area contributed by atoms with Crippen LogP contribution >= 0.6 is 0 Å². The Morgan fingerprint density at radius 1 is 1.27 bits per heavy atom. The third kappa shape index (κ3) is 2.14. The summed E-state index contributed by atoms with van der Waals surface area (Å²) in [4.78, 5) is 20.5. The van der Waals surface area contributed by atoms with E-state index in [0.717, 1.165) is 0 Å². The smallest absolute Gasteiger partial charge is 0.355 e. The van der Waals surface area contributed by atoms with E-state index in [1.54, 1.807) is 5.43 Å². The average Bonchev–Trinajstić information content (AvgIpc) is 1.88. The first-order chi connectivity index (χ1) is 5.00. The van der Waals surface area contributed by atoms with E-state index in [4.69, 9.17) is 16.7 Å². The molecular weight excluding hydrogens is 152 g/mol. The van der Waals surface area contributed by atoms with Crippen LogP contribution in [0.3, 0.4) is 0 Å². The second-order valence-corrected chi connectivity index (χ2v) is 1.60. The fourth-order valence-corrected chi connectivity index (χ4v) is 0.378. The maximum Gasteiger partial charge on any atom is 0.355 e. The molecule has 0 aliphatic rings. The third-order valence-corrected chi connectivity index (χ3v) is 0.893. The van der Waals surface area contributed by atoms with E-state index in [0.29, 0.717) is 0 Å². The molecule has 0 aromatic carbocycles. The predicted molar refractivity (Wildman–Crippen MR) is 35.4 cm³/mol. The molecule has 0 unspecified atom stereocenters. The summed E-state index contributed by atoms with van der Waals surface area (Å²) in [6, 6.07) is 0. The zero-order chi connectivity index (χ0) is 9.02. The van der Waals surface area contributed by atoms with E-state index < -0.39 is 23.3 Å². The Morgan fingerprint density at radius 2 is 1.73 bits per heavy atom. The molecule has 0 aliphatic carbocycles. The summed E-state index contributed by atoms with van der Waals surface area (Å²) >= 11 is 0. The zero-order valence-corrected chi connectivity index (χ0v) is 5.50. The lowest BCUT2D eigenvalue weighted by atomic mass is 10.3. The molecule has 0 aliphatic heterocycles. The lowest BCUT2D eigenvalue weighted by molar-refractivity contribution is -0.133. The Morgan fingerprint density at radius 3 is 1.82 bits per heavy atom. The Balaban J connectivity index is 4.83. The van der Waals surface area contributed by atoms with Crippen molar-refractivity contribution < 1.29 is 14.7 Å². The van der Waals surface area contributed by atoms with Gasteiger partial charge < -0.3 is 22.0 Å². The maximum absolute atomic E-state index is 10.3. The highest BCUT2D eigenvalue weighted by molar-refractivity contribution is 6.00. The van der Waals surface area contributed by atoms with Gasteiger partial charge in [-0.3, -0.25) is 10.6 Å². The van der Waals surface area contributed by atoms with Crippen LogP contribution in [0.1, 0.15) is 0 Å². The minimum Gasteiger partial charge on any atom is -0.476 e. The van der Waals surface area contributed by atoms with Crippen molar-refractivity contribution in [2.45, 2.75) is 0 Å². The molecule has 1 amide bonds. The van der Waals surface area contributed by atoms with Crippen LogP contribution in [0.4, 0.5) is 0 Å². The first-order valence-corrected chi connectivity index (χ1v) is 2.50. The van der Waals surface area contributed by atoms with Crippen LogP contribution in [0.5, 0.6) is 0 Å². The van der Waals surface area contributed by atoms with E-state index >= 15 is 0 Å². The minimum atomic E-state index is -1.44. The molecule has 0 aromatic heterocycles. The Kier molecular flexibility index (Phi) is 2.87. The quantitative estimate of drug-likeness (QED) is 0.171. The molecule has 0 aromatic rings. The van der Waals surface area contributed by atoms with Crippen LogP contribution in [0.25, 0.3) is 0 Å². The monoisotopic (exact) mass is 160 g/mol. The molecule has 62 valence electrons. The van der Waals surface area contributed by atoms with Crippen molar-refractivity contribution in [3.8, 4) is 0 Å². The van der Waals surface area contributed by atoms with Gasteiger partial charge in [-0.2, -0.15) is 0 Å². The first kappa shape index (κ1) is 9.24. The Hall–Kier alpha value is -1.76. The summed E-state index contributed by atoms with van der Waals surface area (Å²) in [5.74, 6) is 2.25.